The molecular formula is C19H23N5. The van der Waals surface area contributed by atoms with Gasteiger partial charge in [-0.1, -0.05) is 31.7 Å². The molecule has 124 valence electrons. The van der Waals surface area contributed by atoms with Crippen molar-refractivity contribution in [2.24, 2.45) is 4.99 Å². The van der Waals surface area contributed by atoms with Gasteiger partial charge in [-0.25, -0.2) is 4.99 Å². The lowest BCUT2D eigenvalue weighted by Crippen LogP contribution is -2.39. The minimum Gasteiger partial charge on any atom is -0.332 e. The molecule has 2 N–H and O–H groups in total. The van der Waals surface area contributed by atoms with Gasteiger partial charge in [-0.05, 0) is 37.5 Å². The number of aromatic nitrogens is 1. The number of hydrogen-bond donors (Lipinski definition) is 2. The quantitative estimate of drug-likeness (QED) is 0.646. The molecule has 5 heteroatoms. The second-order valence-corrected chi connectivity index (χ2v) is 6.30. The molecule has 2 heterocycles. The molecule has 0 aromatic carbocycles. The molecule has 5 nitrogen and oxygen atoms in total. The first-order chi connectivity index (χ1) is 11.8. The zero-order valence-electron chi connectivity index (χ0n) is 14.0. The summed E-state index contributed by atoms with van der Waals surface area (Å²) in [4.78, 5) is 9.14. The normalized spacial score (nSPS) is 22.7. The second-order valence-electron chi connectivity index (χ2n) is 6.30. The molecule has 3 rings (SSSR count). The van der Waals surface area contributed by atoms with E-state index in [1.807, 2.05) is 31.3 Å². The van der Waals surface area contributed by atoms with Gasteiger partial charge in [-0.3, -0.25) is 4.98 Å². The smallest absolute Gasteiger partial charge is 0.200 e. The van der Waals surface area contributed by atoms with E-state index in [0.717, 1.165) is 30.1 Å². The first kappa shape index (κ1) is 16.3. The van der Waals surface area contributed by atoms with Crippen molar-refractivity contribution in [3.05, 3.63) is 47.6 Å². The number of aliphatic imine (C=N–C) groups is 1. The maximum absolute atomic E-state index is 9.62. The van der Waals surface area contributed by atoms with E-state index in [-0.39, 0.29) is 0 Å². The number of guanidine groups is 1. The number of pyridine rings is 1. The van der Waals surface area contributed by atoms with Crippen molar-refractivity contribution in [2.75, 3.05) is 0 Å². The number of nitrogens with one attached hydrogen (secondary N) is 2. The van der Waals surface area contributed by atoms with E-state index in [4.69, 9.17) is 4.99 Å². The lowest BCUT2D eigenvalue weighted by Gasteiger charge is -2.22. The average Bonchev–Trinajstić information content (AvgIpc) is 2.88. The van der Waals surface area contributed by atoms with Gasteiger partial charge in [-0.15, -0.1) is 0 Å². The summed E-state index contributed by atoms with van der Waals surface area (Å²) < 4.78 is 0. The summed E-state index contributed by atoms with van der Waals surface area (Å²) in [6.07, 6.45) is 11.0. The zero-order valence-corrected chi connectivity index (χ0v) is 14.0. The Morgan fingerprint density at radius 2 is 2.04 bits per heavy atom. The zero-order chi connectivity index (χ0) is 16.8. The molecule has 0 amide bonds. The van der Waals surface area contributed by atoms with Crippen LogP contribution in [0.4, 0.5) is 0 Å². The maximum Gasteiger partial charge on any atom is 0.200 e. The van der Waals surface area contributed by atoms with Crippen molar-refractivity contribution in [1.29, 1.82) is 5.26 Å². The summed E-state index contributed by atoms with van der Waals surface area (Å²) in [5, 5.41) is 16.1. The first-order valence-corrected chi connectivity index (χ1v) is 8.62. The molecule has 2 aliphatic rings. The van der Waals surface area contributed by atoms with Crippen molar-refractivity contribution in [2.45, 2.75) is 51.5 Å². The van der Waals surface area contributed by atoms with Crippen LogP contribution in [-0.2, 0) is 0 Å². The molecule has 0 radical (unpaired) electrons. The Morgan fingerprint density at radius 3 is 2.71 bits per heavy atom. The predicted octanol–water partition coefficient (Wildman–Crippen LogP) is 3.49. The van der Waals surface area contributed by atoms with E-state index >= 15 is 0 Å². The third kappa shape index (κ3) is 3.83. The van der Waals surface area contributed by atoms with E-state index in [1.54, 1.807) is 6.20 Å². The van der Waals surface area contributed by atoms with Gasteiger partial charge in [0, 0.05) is 12.4 Å². The van der Waals surface area contributed by atoms with Crippen molar-refractivity contribution in [1.82, 2.24) is 15.6 Å². The number of hydrogen-bond acceptors (Lipinski definition) is 3. The van der Waals surface area contributed by atoms with Gasteiger partial charge in [0.15, 0.2) is 5.96 Å². The Balaban J connectivity index is 1.88. The molecule has 1 aromatic rings. The highest BCUT2D eigenvalue weighted by Crippen LogP contribution is 2.23. The van der Waals surface area contributed by atoms with Crippen LogP contribution in [0.5, 0.6) is 0 Å². The molecule has 24 heavy (non-hydrogen) atoms. The molecule has 0 atom stereocenters. The molecule has 0 unspecified atom stereocenters. The summed E-state index contributed by atoms with van der Waals surface area (Å²) in [6, 6.07) is 8.23. The van der Waals surface area contributed by atoms with Gasteiger partial charge in [0.25, 0.3) is 0 Å². The average molecular weight is 321 g/mol. The van der Waals surface area contributed by atoms with Crippen LogP contribution >= 0.6 is 0 Å². The van der Waals surface area contributed by atoms with Gasteiger partial charge >= 0.3 is 0 Å². The van der Waals surface area contributed by atoms with Crippen molar-refractivity contribution >= 4 is 11.5 Å². The fraction of sp³-hybridized carbons (Fsp3) is 0.421. The molecule has 0 spiro atoms. The van der Waals surface area contributed by atoms with Crippen molar-refractivity contribution in [3.8, 4) is 6.07 Å². The Hall–Kier alpha value is -2.61. The summed E-state index contributed by atoms with van der Waals surface area (Å²) in [7, 11) is 0. The van der Waals surface area contributed by atoms with Crippen LogP contribution in [0.1, 0.15) is 51.1 Å². The molecule has 0 saturated heterocycles. The van der Waals surface area contributed by atoms with Crippen LogP contribution in [0.25, 0.3) is 5.57 Å². The lowest BCUT2D eigenvalue weighted by molar-refractivity contribution is 0.581. The van der Waals surface area contributed by atoms with Crippen LogP contribution < -0.4 is 10.6 Å². The van der Waals surface area contributed by atoms with E-state index in [1.165, 1.54) is 25.7 Å². The van der Waals surface area contributed by atoms with Crippen LogP contribution in [0.3, 0.4) is 0 Å². The third-order valence-electron chi connectivity index (χ3n) is 4.48. The Bertz CT molecular complexity index is 701. The summed E-state index contributed by atoms with van der Waals surface area (Å²) >= 11 is 0. The molecule has 1 aliphatic carbocycles. The largest absolute Gasteiger partial charge is 0.332 e. The maximum atomic E-state index is 9.62. The number of nitriles is 1. The second kappa shape index (κ2) is 7.78. The Kier molecular flexibility index (Phi) is 5.27. The van der Waals surface area contributed by atoms with Gasteiger partial charge in [0.1, 0.15) is 11.6 Å². The molecule has 0 bridgehead atoms. The highest BCUT2D eigenvalue weighted by molar-refractivity contribution is 5.90. The first-order valence-electron chi connectivity index (χ1n) is 8.62. The highest BCUT2D eigenvalue weighted by atomic mass is 15.2. The van der Waals surface area contributed by atoms with E-state index in [9.17, 15) is 5.26 Å². The minimum absolute atomic E-state index is 0.357. The molecule has 1 aromatic heterocycles. The topological polar surface area (TPSA) is 73.1 Å². The molecule has 1 fully saturated rings. The third-order valence-corrected chi connectivity index (χ3v) is 4.48. The number of allylic oxidation sites excluding steroid dienone is 2. The number of rotatable bonds is 2. The van der Waals surface area contributed by atoms with Crippen LogP contribution in [0.2, 0.25) is 0 Å². The van der Waals surface area contributed by atoms with Crippen molar-refractivity contribution in [3.63, 3.8) is 0 Å². The summed E-state index contributed by atoms with van der Waals surface area (Å²) in [5.41, 5.74) is 2.96. The van der Waals surface area contributed by atoms with E-state index in [0.29, 0.717) is 17.3 Å². The SMILES string of the molecule is CC1=CNC(=NC2CCCCCC2)N/C1=C(/C#N)c1ccccn1. The Morgan fingerprint density at radius 1 is 1.25 bits per heavy atom. The van der Waals surface area contributed by atoms with Gasteiger partial charge in [-0.2, -0.15) is 5.26 Å². The number of nitrogens with zero attached hydrogens (tertiary/aromatic N) is 3. The monoisotopic (exact) mass is 321 g/mol. The van der Waals surface area contributed by atoms with E-state index < -0.39 is 0 Å². The molecular weight excluding hydrogens is 298 g/mol. The van der Waals surface area contributed by atoms with Gasteiger partial charge in [0.05, 0.1) is 17.4 Å². The molecule has 1 saturated carbocycles. The summed E-state index contributed by atoms with van der Waals surface area (Å²) in [6.45, 7) is 1.97. The van der Waals surface area contributed by atoms with Crippen molar-refractivity contribution < 1.29 is 0 Å². The van der Waals surface area contributed by atoms with Gasteiger partial charge in [0.2, 0.25) is 0 Å². The van der Waals surface area contributed by atoms with Crippen LogP contribution in [-0.4, -0.2) is 17.0 Å². The highest BCUT2D eigenvalue weighted by Gasteiger charge is 2.19. The lowest BCUT2D eigenvalue weighted by atomic mass is 10.0. The van der Waals surface area contributed by atoms with Crippen LogP contribution in [0, 0.1) is 11.3 Å². The minimum atomic E-state index is 0.357. The van der Waals surface area contributed by atoms with E-state index in [2.05, 4.69) is 21.7 Å². The van der Waals surface area contributed by atoms with Crippen LogP contribution in [0.15, 0.2) is 46.9 Å². The van der Waals surface area contributed by atoms with Gasteiger partial charge < -0.3 is 10.6 Å². The predicted molar refractivity (Wildman–Crippen MR) is 95.7 cm³/mol. The fourth-order valence-electron chi connectivity index (χ4n) is 3.15. The molecule has 1 aliphatic heterocycles. The standard InChI is InChI=1S/C19H23N5/c1-14-13-22-19(23-15-8-4-2-3-5-9-15)24-18(14)16(12-20)17-10-6-7-11-21-17/h6-7,10-11,13,15H,2-5,8-9H2,1H3,(H2,22,23,24)/b18-16-. The summed E-state index contributed by atoms with van der Waals surface area (Å²) in [5.74, 6) is 0.728. The fourth-order valence-corrected chi connectivity index (χ4v) is 3.15. The Labute approximate surface area is 143 Å².